The molecule has 2 aromatic rings. The molecule has 0 aliphatic carbocycles. The molecule has 0 heterocycles. The summed E-state index contributed by atoms with van der Waals surface area (Å²) < 4.78 is 41.4. The Bertz CT molecular complexity index is 1100. The number of halogens is 1. The van der Waals surface area contributed by atoms with E-state index in [1.165, 1.54) is 38.5 Å². The number of nitrogens with zero attached hydrogens (tertiary/aromatic N) is 1. The fourth-order valence-corrected chi connectivity index (χ4v) is 2.96. The molecule has 0 aliphatic rings. The lowest BCUT2D eigenvalue weighted by Gasteiger charge is -2.13. The van der Waals surface area contributed by atoms with Crippen molar-refractivity contribution in [1.82, 2.24) is 0 Å². The lowest BCUT2D eigenvalue weighted by molar-refractivity contribution is -0.114. The Morgan fingerprint density at radius 3 is 2.17 bits per heavy atom. The molecule has 0 spiro atoms. The van der Waals surface area contributed by atoms with Gasteiger partial charge in [-0.1, -0.05) is 11.6 Å². The third-order valence-corrected chi connectivity index (χ3v) is 4.88. The van der Waals surface area contributed by atoms with Crippen LogP contribution in [0.4, 0.5) is 11.4 Å². The maximum Gasteiger partial charge on any atom is 0.294 e. The number of methoxy groups -OCH3 is 2. The molecule has 1 amide bonds. The van der Waals surface area contributed by atoms with Crippen molar-refractivity contribution in [2.75, 3.05) is 25.0 Å². The van der Waals surface area contributed by atoms with Crippen LogP contribution >= 0.6 is 11.6 Å². The summed E-state index contributed by atoms with van der Waals surface area (Å²) in [5.41, 5.74) is 2.51. The van der Waals surface area contributed by atoms with Gasteiger partial charge in [0.2, 0.25) is 0 Å². The Morgan fingerprint density at radius 2 is 1.67 bits per heavy atom. The first-order chi connectivity index (χ1) is 14.1. The van der Waals surface area contributed by atoms with Crippen molar-refractivity contribution in [3.63, 3.8) is 0 Å². The third-order valence-electron chi connectivity index (χ3n) is 3.72. The smallest absolute Gasteiger partial charge is 0.294 e. The number of ether oxygens (including phenoxy) is 2. The van der Waals surface area contributed by atoms with Gasteiger partial charge in [-0.15, -0.1) is 0 Å². The number of hydrogen-bond donors (Lipinski definition) is 3. The van der Waals surface area contributed by atoms with E-state index in [-0.39, 0.29) is 32.8 Å². The molecule has 10 nitrogen and oxygen atoms in total. The maximum absolute atomic E-state index is 12.6. The normalized spacial score (nSPS) is 11.6. The Kier molecular flexibility index (Phi) is 7.38. The number of ketones is 1. The quantitative estimate of drug-likeness (QED) is 0.238. The number of benzene rings is 2. The molecule has 2 aromatic carbocycles. The van der Waals surface area contributed by atoms with Crippen molar-refractivity contribution in [3.8, 4) is 11.5 Å². The first-order valence-corrected chi connectivity index (χ1v) is 10.0. The minimum absolute atomic E-state index is 0.204. The Hall–Kier alpha value is -3.15. The highest BCUT2D eigenvalue weighted by Gasteiger charge is 2.20. The average Bonchev–Trinajstić information content (AvgIpc) is 2.68. The zero-order valence-electron chi connectivity index (χ0n) is 16.1. The highest BCUT2D eigenvalue weighted by molar-refractivity contribution is 7.85. The standard InChI is InChI=1S/C18H18ClN3O7S/c1-10(23)17(22-21-11-4-6-12(7-5-11)30(25,26)27)18(24)20-14-9-15(28-2)13(19)8-16(14)29-3/h4-9,21H,1-3H3,(H,20,24)(H,25,26,27)/b22-17-. The Morgan fingerprint density at radius 1 is 1.07 bits per heavy atom. The summed E-state index contributed by atoms with van der Waals surface area (Å²) >= 11 is 6.03. The molecule has 0 atom stereocenters. The zero-order valence-corrected chi connectivity index (χ0v) is 17.7. The lowest BCUT2D eigenvalue weighted by atomic mass is 10.2. The number of nitrogens with one attached hydrogen (secondary N) is 2. The van der Waals surface area contributed by atoms with E-state index in [4.69, 9.17) is 25.6 Å². The average molecular weight is 456 g/mol. The van der Waals surface area contributed by atoms with Gasteiger partial charge in [0.25, 0.3) is 16.0 Å². The summed E-state index contributed by atoms with van der Waals surface area (Å²) in [5.74, 6) is -0.932. The van der Waals surface area contributed by atoms with E-state index in [1.807, 2.05) is 0 Å². The number of anilines is 2. The van der Waals surface area contributed by atoms with E-state index < -0.39 is 27.5 Å². The van der Waals surface area contributed by atoms with Crippen LogP contribution in [0, 0.1) is 0 Å². The first kappa shape index (κ1) is 23.1. The molecule has 0 radical (unpaired) electrons. The highest BCUT2D eigenvalue weighted by atomic mass is 35.5. The van der Waals surface area contributed by atoms with Gasteiger partial charge in [0.05, 0.1) is 35.5 Å². The van der Waals surface area contributed by atoms with Gasteiger partial charge >= 0.3 is 0 Å². The second-order valence-electron chi connectivity index (χ2n) is 5.77. The van der Waals surface area contributed by atoms with Gasteiger partial charge in [-0.05, 0) is 24.3 Å². The van der Waals surface area contributed by atoms with Crippen molar-refractivity contribution in [1.29, 1.82) is 0 Å². The third kappa shape index (κ3) is 5.69. The summed E-state index contributed by atoms with van der Waals surface area (Å²) in [6.45, 7) is 1.15. The molecule has 12 heteroatoms. The molecular weight excluding hydrogens is 438 g/mol. The van der Waals surface area contributed by atoms with E-state index in [0.717, 1.165) is 19.1 Å². The fraction of sp³-hybridized carbons (Fsp3) is 0.167. The number of Topliss-reactive ketones (excluding diaryl/α,β-unsaturated/α-hetero) is 1. The second-order valence-corrected chi connectivity index (χ2v) is 7.60. The molecule has 2 rings (SSSR count). The van der Waals surface area contributed by atoms with Crippen molar-refractivity contribution < 1.29 is 32.0 Å². The van der Waals surface area contributed by atoms with Crippen molar-refractivity contribution in [3.05, 3.63) is 41.4 Å². The predicted octanol–water partition coefficient (Wildman–Crippen LogP) is 2.60. The number of rotatable bonds is 8. The fourth-order valence-electron chi connectivity index (χ4n) is 2.25. The number of amides is 1. The van der Waals surface area contributed by atoms with Crippen LogP contribution in [0.15, 0.2) is 46.4 Å². The predicted molar refractivity (Wildman–Crippen MR) is 111 cm³/mol. The SMILES string of the molecule is COc1cc(NC(=O)/C(=N\Nc2ccc(S(=O)(=O)O)cc2)C(C)=O)c(OC)cc1Cl. The molecular formula is C18H18ClN3O7S. The van der Waals surface area contributed by atoms with Crippen LogP contribution in [-0.2, 0) is 19.7 Å². The van der Waals surface area contributed by atoms with Gasteiger partial charge in [-0.25, -0.2) is 0 Å². The van der Waals surface area contributed by atoms with Crippen LogP contribution in [0.25, 0.3) is 0 Å². The van der Waals surface area contributed by atoms with E-state index in [2.05, 4.69) is 15.8 Å². The number of hydrazone groups is 1. The van der Waals surface area contributed by atoms with Gasteiger partial charge in [0.1, 0.15) is 11.5 Å². The van der Waals surface area contributed by atoms with E-state index in [0.29, 0.717) is 0 Å². The molecule has 0 saturated carbocycles. The highest BCUT2D eigenvalue weighted by Crippen LogP contribution is 2.35. The van der Waals surface area contributed by atoms with E-state index >= 15 is 0 Å². The topological polar surface area (TPSA) is 143 Å². The van der Waals surface area contributed by atoms with Gasteiger partial charge in [-0.3, -0.25) is 19.6 Å². The van der Waals surface area contributed by atoms with Crippen molar-refractivity contribution >= 4 is 50.5 Å². The molecule has 3 N–H and O–H groups in total. The molecule has 30 heavy (non-hydrogen) atoms. The maximum atomic E-state index is 12.6. The Balaban J connectivity index is 2.26. The number of hydrogen-bond acceptors (Lipinski definition) is 8. The van der Waals surface area contributed by atoms with Crippen molar-refractivity contribution in [2.45, 2.75) is 11.8 Å². The molecule has 0 aromatic heterocycles. The summed E-state index contributed by atoms with van der Waals surface area (Å²) in [6, 6.07) is 7.73. The first-order valence-electron chi connectivity index (χ1n) is 8.22. The van der Waals surface area contributed by atoms with Gasteiger partial charge in [0, 0.05) is 19.1 Å². The van der Waals surface area contributed by atoms with Crippen LogP contribution in [0.2, 0.25) is 5.02 Å². The van der Waals surface area contributed by atoms with Crippen molar-refractivity contribution in [2.24, 2.45) is 5.10 Å². The van der Waals surface area contributed by atoms with Gasteiger partial charge in [-0.2, -0.15) is 13.5 Å². The van der Waals surface area contributed by atoms with E-state index in [1.54, 1.807) is 0 Å². The minimum atomic E-state index is -4.34. The molecule has 0 unspecified atom stereocenters. The van der Waals surface area contributed by atoms with Crippen LogP contribution in [-0.4, -0.2) is 44.6 Å². The summed E-state index contributed by atoms with van der Waals surface area (Å²) in [4.78, 5) is 24.1. The largest absolute Gasteiger partial charge is 0.495 e. The van der Waals surface area contributed by atoms with Crippen LogP contribution in [0.3, 0.4) is 0 Å². The summed E-state index contributed by atoms with van der Waals surface area (Å²) in [6.07, 6.45) is 0. The number of carbonyl (C=O) groups is 2. The minimum Gasteiger partial charge on any atom is -0.495 e. The molecule has 0 bridgehead atoms. The van der Waals surface area contributed by atoms with Gasteiger partial charge in [0.15, 0.2) is 11.5 Å². The summed E-state index contributed by atoms with van der Waals surface area (Å²) in [5, 5.41) is 6.56. The van der Waals surface area contributed by atoms with Crippen LogP contribution in [0.5, 0.6) is 11.5 Å². The van der Waals surface area contributed by atoms with E-state index in [9.17, 15) is 18.0 Å². The molecule has 0 saturated heterocycles. The molecule has 0 aliphatic heterocycles. The molecule has 0 fully saturated rings. The summed E-state index contributed by atoms with van der Waals surface area (Å²) in [7, 11) is -1.56. The Labute approximate surface area is 177 Å². The molecule has 160 valence electrons. The van der Waals surface area contributed by atoms with Crippen LogP contribution < -0.4 is 20.2 Å². The second kappa shape index (κ2) is 9.57. The zero-order chi connectivity index (χ0) is 22.5. The monoisotopic (exact) mass is 455 g/mol. The number of carbonyl (C=O) groups excluding carboxylic acids is 2. The van der Waals surface area contributed by atoms with Crippen LogP contribution in [0.1, 0.15) is 6.92 Å². The van der Waals surface area contributed by atoms with Gasteiger partial charge < -0.3 is 14.8 Å². The lowest BCUT2D eigenvalue weighted by Crippen LogP contribution is -2.29.